The zero-order valence-electron chi connectivity index (χ0n) is 13.4. The number of fused-ring (bicyclic) bond motifs is 1. The van der Waals surface area contributed by atoms with Crippen LogP contribution in [0.25, 0.3) is 11.1 Å². The summed E-state index contributed by atoms with van der Waals surface area (Å²) in [6, 6.07) is 10.4. The van der Waals surface area contributed by atoms with Crippen molar-refractivity contribution in [2.45, 2.75) is 12.8 Å². The van der Waals surface area contributed by atoms with Crippen LogP contribution in [0.2, 0.25) is 0 Å². The van der Waals surface area contributed by atoms with Crippen LogP contribution in [0.15, 0.2) is 46.9 Å². The Balaban J connectivity index is 1.45. The lowest BCUT2D eigenvalue weighted by Crippen LogP contribution is -2.36. The maximum Gasteiger partial charge on any atom is 0.298 e. The molecule has 4 rings (SSSR count). The summed E-state index contributed by atoms with van der Waals surface area (Å²) in [5.74, 6) is -0.752. The number of ketones is 1. The fraction of sp³-hybridized carbons (Fsp3) is 0.263. The van der Waals surface area contributed by atoms with Gasteiger partial charge in [0.2, 0.25) is 0 Å². The van der Waals surface area contributed by atoms with Crippen molar-refractivity contribution >= 4 is 22.9 Å². The molecule has 0 bridgehead atoms. The third-order valence-corrected chi connectivity index (χ3v) is 4.60. The number of rotatable bonds is 3. The molecule has 1 fully saturated rings. The number of anilines is 1. The Morgan fingerprint density at radius 2 is 1.72 bits per heavy atom. The Morgan fingerprint density at radius 3 is 2.44 bits per heavy atom. The topological polar surface area (TPSA) is 46.3 Å². The molecule has 0 saturated carbocycles. The van der Waals surface area contributed by atoms with Crippen LogP contribution in [-0.4, -0.2) is 23.9 Å². The summed E-state index contributed by atoms with van der Waals surface area (Å²) in [5.41, 5.74) is 1.57. The molecule has 1 aromatic heterocycles. The maximum atomic E-state index is 13.3. The molecule has 0 aliphatic carbocycles. The van der Waals surface area contributed by atoms with Crippen molar-refractivity contribution in [1.82, 2.24) is 4.98 Å². The Morgan fingerprint density at radius 1 is 1.04 bits per heavy atom. The Hall–Kier alpha value is -2.76. The molecule has 0 atom stereocenters. The van der Waals surface area contributed by atoms with E-state index in [0.29, 0.717) is 48.6 Å². The second-order valence-corrected chi connectivity index (χ2v) is 6.24. The van der Waals surface area contributed by atoms with Crippen molar-refractivity contribution in [2.24, 2.45) is 5.92 Å². The molecule has 128 valence electrons. The van der Waals surface area contributed by atoms with Gasteiger partial charge in [-0.2, -0.15) is 4.98 Å². The van der Waals surface area contributed by atoms with Crippen molar-refractivity contribution < 1.29 is 18.0 Å². The minimum absolute atomic E-state index is 0.0410. The third kappa shape index (κ3) is 3.12. The highest BCUT2D eigenvalue weighted by molar-refractivity contribution is 5.98. The van der Waals surface area contributed by atoms with E-state index in [-0.39, 0.29) is 23.3 Å². The number of hydrogen-bond donors (Lipinski definition) is 0. The van der Waals surface area contributed by atoms with E-state index in [1.165, 1.54) is 36.4 Å². The quantitative estimate of drug-likeness (QED) is 0.669. The molecular weight excluding hydrogens is 326 g/mol. The number of halogens is 2. The Labute approximate surface area is 143 Å². The molecule has 0 unspecified atom stereocenters. The minimum atomic E-state index is -0.351. The molecule has 0 amide bonds. The van der Waals surface area contributed by atoms with Crippen LogP contribution < -0.4 is 4.90 Å². The molecule has 0 spiro atoms. The zero-order chi connectivity index (χ0) is 17.4. The number of piperidine rings is 1. The van der Waals surface area contributed by atoms with Crippen LogP contribution in [-0.2, 0) is 0 Å². The van der Waals surface area contributed by atoms with Crippen molar-refractivity contribution in [3.8, 4) is 0 Å². The number of Topliss-reactive ketones (excluding diaryl/α,β-unsaturated/α-hetero) is 1. The highest BCUT2D eigenvalue weighted by atomic mass is 19.1. The molecule has 2 aromatic carbocycles. The molecule has 0 N–H and O–H groups in total. The second-order valence-electron chi connectivity index (χ2n) is 6.24. The summed E-state index contributed by atoms with van der Waals surface area (Å²) in [4.78, 5) is 18.8. The number of nitrogens with zero attached hydrogens (tertiary/aromatic N) is 2. The second kappa shape index (κ2) is 6.27. The Bertz CT molecular complexity index is 913. The van der Waals surface area contributed by atoms with E-state index in [9.17, 15) is 13.6 Å². The molecule has 1 saturated heterocycles. The molecule has 2 heterocycles. The maximum absolute atomic E-state index is 13.3. The molecule has 0 radical (unpaired) electrons. The fourth-order valence-electron chi connectivity index (χ4n) is 3.21. The summed E-state index contributed by atoms with van der Waals surface area (Å²) in [6.07, 6.45) is 1.34. The predicted octanol–water partition coefficient (Wildman–Crippen LogP) is 4.21. The van der Waals surface area contributed by atoms with E-state index < -0.39 is 0 Å². The van der Waals surface area contributed by atoms with Gasteiger partial charge in [0.05, 0.1) is 0 Å². The van der Waals surface area contributed by atoms with Crippen LogP contribution in [0.3, 0.4) is 0 Å². The minimum Gasteiger partial charge on any atom is -0.423 e. The average molecular weight is 342 g/mol. The summed E-state index contributed by atoms with van der Waals surface area (Å²) in [6.45, 7) is 1.26. The SMILES string of the molecule is O=C(c1ccc(F)cc1)C1CCN(c2nc3cc(F)ccc3o2)CC1. The van der Waals surface area contributed by atoms with Gasteiger partial charge in [-0.15, -0.1) is 0 Å². The first-order valence-corrected chi connectivity index (χ1v) is 8.21. The number of aromatic nitrogens is 1. The standard InChI is InChI=1S/C19H16F2N2O2/c20-14-3-1-12(2-4-14)18(24)13-7-9-23(10-8-13)19-22-16-11-15(21)5-6-17(16)25-19/h1-6,11,13H,7-10H2. The van der Waals surface area contributed by atoms with Gasteiger partial charge >= 0.3 is 0 Å². The first-order valence-electron chi connectivity index (χ1n) is 8.21. The first kappa shape index (κ1) is 15.7. The van der Waals surface area contributed by atoms with Gasteiger partial charge in [0, 0.05) is 30.6 Å². The lowest BCUT2D eigenvalue weighted by Gasteiger charge is -2.30. The molecule has 1 aliphatic rings. The van der Waals surface area contributed by atoms with Crippen molar-refractivity contribution in [1.29, 1.82) is 0 Å². The molecule has 3 aromatic rings. The van der Waals surface area contributed by atoms with Crippen LogP contribution >= 0.6 is 0 Å². The largest absolute Gasteiger partial charge is 0.423 e. The predicted molar refractivity (Wildman–Crippen MR) is 89.6 cm³/mol. The van der Waals surface area contributed by atoms with Gasteiger partial charge in [-0.1, -0.05) is 0 Å². The van der Waals surface area contributed by atoms with Gasteiger partial charge in [0.25, 0.3) is 6.01 Å². The number of hydrogen-bond acceptors (Lipinski definition) is 4. The first-order chi connectivity index (χ1) is 12.1. The summed E-state index contributed by atoms with van der Waals surface area (Å²) in [7, 11) is 0. The van der Waals surface area contributed by atoms with E-state index in [0.717, 1.165) is 0 Å². The summed E-state index contributed by atoms with van der Waals surface area (Å²) in [5, 5.41) is 0. The van der Waals surface area contributed by atoms with Crippen molar-refractivity contribution in [3.63, 3.8) is 0 Å². The van der Waals surface area contributed by atoms with Crippen LogP contribution in [0.4, 0.5) is 14.8 Å². The molecule has 4 nitrogen and oxygen atoms in total. The monoisotopic (exact) mass is 342 g/mol. The van der Waals surface area contributed by atoms with Crippen LogP contribution in [0.1, 0.15) is 23.2 Å². The zero-order valence-corrected chi connectivity index (χ0v) is 13.4. The van der Waals surface area contributed by atoms with Gasteiger partial charge in [-0.05, 0) is 49.2 Å². The van der Waals surface area contributed by atoms with E-state index in [2.05, 4.69) is 4.98 Å². The molecule has 6 heteroatoms. The number of benzene rings is 2. The van der Waals surface area contributed by atoms with Crippen molar-refractivity contribution in [3.05, 3.63) is 59.7 Å². The van der Waals surface area contributed by atoms with Crippen LogP contribution in [0.5, 0.6) is 0 Å². The normalized spacial score (nSPS) is 15.7. The molecule has 1 aliphatic heterocycles. The van der Waals surface area contributed by atoms with E-state index in [1.54, 1.807) is 6.07 Å². The highest BCUT2D eigenvalue weighted by Gasteiger charge is 2.27. The lowest BCUT2D eigenvalue weighted by atomic mass is 9.89. The summed E-state index contributed by atoms with van der Waals surface area (Å²) >= 11 is 0. The van der Waals surface area contributed by atoms with E-state index in [1.807, 2.05) is 4.90 Å². The number of carbonyl (C=O) groups is 1. The third-order valence-electron chi connectivity index (χ3n) is 4.60. The van der Waals surface area contributed by atoms with Gasteiger partial charge in [0.1, 0.15) is 17.2 Å². The molecule has 25 heavy (non-hydrogen) atoms. The van der Waals surface area contributed by atoms with E-state index >= 15 is 0 Å². The van der Waals surface area contributed by atoms with Gasteiger partial charge < -0.3 is 9.32 Å². The number of carbonyl (C=O) groups excluding carboxylic acids is 1. The van der Waals surface area contributed by atoms with E-state index in [4.69, 9.17) is 4.42 Å². The van der Waals surface area contributed by atoms with Crippen LogP contribution in [0, 0.1) is 17.6 Å². The van der Waals surface area contributed by atoms with Gasteiger partial charge in [-0.25, -0.2) is 8.78 Å². The fourth-order valence-corrected chi connectivity index (χ4v) is 3.21. The van der Waals surface area contributed by atoms with Gasteiger partial charge in [-0.3, -0.25) is 4.79 Å². The molecular formula is C19H16F2N2O2. The average Bonchev–Trinajstić information content (AvgIpc) is 3.05. The summed E-state index contributed by atoms with van der Waals surface area (Å²) < 4.78 is 31.9. The van der Waals surface area contributed by atoms with Crippen molar-refractivity contribution in [2.75, 3.05) is 18.0 Å². The van der Waals surface area contributed by atoms with Gasteiger partial charge in [0.15, 0.2) is 11.4 Å². The lowest BCUT2D eigenvalue weighted by molar-refractivity contribution is 0.0899. The number of oxazole rings is 1. The highest BCUT2D eigenvalue weighted by Crippen LogP contribution is 2.28. The smallest absolute Gasteiger partial charge is 0.298 e. The Kier molecular flexibility index (Phi) is 3.95.